The van der Waals surface area contributed by atoms with Crippen molar-refractivity contribution in [3.05, 3.63) is 35.9 Å². The largest absolute Gasteiger partial charge is 0.478 e. The van der Waals surface area contributed by atoms with Crippen molar-refractivity contribution in [1.82, 2.24) is 9.62 Å². The maximum absolute atomic E-state index is 13.7. The second-order valence-corrected chi connectivity index (χ2v) is 9.64. The van der Waals surface area contributed by atoms with Gasteiger partial charge in [-0.05, 0) is 30.4 Å². The van der Waals surface area contributed by atoms with E-state index in [9.17, 15) is 19.8 Å². The zero-order chi connectivity index (χ0) is 24.1. The number of hydrogen-bond donors (Lipinski definition) is 5. The highest BCUT2D eigenvalue weighted by atomic mass is 32.2. The van der Waals surface area contributed by atoms with Gasteiger partial charge in [-0.2, -0.15) is 12.6 Å². The fraction of sp³-hybridized carbons (Fsp3) is 0.652. The van der Waals surface area contributed by atoms with Crippen molar-refractivity contribution >= 4 is 36.5 Å². The van der Waals surface area contributed by atoms with Gasteiger partial charge in [0.05, 0.1) is 0 Å². The van der Waals surface area contributed by atoms with Crippen LogP contribution in [0, 0.1) is 11.8 Å². The summed E-state index contributed by atoms with van der Waals surface area (Å²) in [4.78, 5) is 26.4. The van der Waals surface area contributed by atoms with E-state index in [0.29, 0.717) is 17.9 Å². The molecule has 4 atom stereocenters. The van der Waals surface area contributed by atoms with Crippen molar-refractivity contribution in [2.45, 2.75) is 58.2 Å². The number of hydrogen-bond acceptors (Lipinski definition) is 7. The number of nitrogens with two attached hydrogens (primary N) is 1. The molecule has 182 valence electrons. The number of carbonyl (C=O) groups excluding carboxylic acids is 1. The van der Waals surface area contributed by atoms with Gasteiger partial charge in [0.2, 0.25) is 11.6 Å². The number of aliphatic carboxylic acids is 1. The Balaban J connectivity index is 3.32. The Bertz CT molecular complexity index is 695. The van der Waals surface area contributed by atoms with Crippen LogP contribution in [0.25, 0.3) is 0 Å². The Hall–Kier alpha value is -1.26. The molecule has 1 amide bonds. The van der Waals surface area contributed by atoms with Crippen LogP contribution < -0.4 is 11.1 Å². The molecule has 0 aliphatic rings. The molecule has 9 heteroatoms. The first-order valence-corrected chi connectivity index (χ1v) is 12.8. The van der Waals surface area contributed by atoms with Crippen LogP contribution in [0.15, 0.2) is 30.3 Å². The lowest BCUT2D eigenvalue weighted by Crippen LogP contribution is -2.69. The first-order chi connectivity index (χ1) is 15.2. The minimum absolute atomic E-state index is 0.145. The summed E-state index contributed by atoms with van der Waals surface area (Å²) < 4.78 is 1.35. The summed E-state index contributed by atoms with van der Waals surface area (Å²) in [5.74, 6) is -1.75. The molecular formula is C23H39N3O4S2. The number of nitrogens with one attached hydrogen (secondary N) is 1. The van der Waals surface area contributed by atoms with E-state index in [1.807, 2.05) is 37.3 Å². The van der Waals surface area contributed by atoms with Crippen LogP contribution in [0.3, 0.4) is 0 Å². The third kappa shape index (κ3) is 7.95. The maximum Gasteiger partial charge on any atom is 0.346 e. The number of nitrogens with zero attached hydrogens (tertiary/aromatic N) is 1. The van der Waals surface area contributed by atoms with Gasteiger partial charge in [0.1, 0.15) is 0 Å². The van der Waals surface area contributed by atoms with Crippen LogP contribution in [0.5, 0.6) is 0 Å². The number of aliphatic hydroxyl groups is 1. The van der Waals surface area contributed by atoms with Crippen LogP contribution in [-0.2, 0) is 16.0 Å². The van der Waals surface area contributed by atoms with Gasteiger partial charge in [-0.3, -0.25) is 14.4 Å². The molecule has 0 aliphatic carbocycles. The monoisotopic (exact) mass is 485 g/mol. The number of rotatable bonds is 16. The van der Waals surface area contributed by atoms with Gasteiger partial charge in [0.25, 0.3) is 0 Å². The summed E-state index contributed by atoms with van der Waals surface area (Å²) in [6, 6.07) is 9.25. The molecule has 2 unspecified atom stereocenters. The predicted octanol–water partition coefficient (Wildman–Crippen LogP) is 2.79. The topological polar surface area (TPSA) is 116 Å². The molecule has 32 heavy (non-hydrogen) atoms. The van der Waals surface area contributed by atoms with E-state index in [1.54, 1.807) is 6.92 Å². The van der Waals surface area contributed by atoms with Crippen LogP contribution in [0.1, 0.15) is 45.6 Å². The molecule has 7 nitrogen and oxygen atoms in total. The van der Waals surface area contributed by atoms with Crippen molar-refractivity contribution in [2.75, 3.05) is 24.7 Å². The normalized spacial score (nSPS) is 16.1. The van der Waals surface area contributed by atoms with E-state index < -0.39 is 36.1 Å². The van der Waals surface area contributed by atoms with Gasteiger partial charge in [-0.1, -0.05) is 63.9 Å². The quantitative estimate of drug-likeness (QED) is 0.106. The molecule has 0 saturated heterocycles. The molecule has 0 spiro atoms. The molecule has 0 fully saturated rings. The number of thiol groups is 1. The van der Waals surface area contributed by atoms with E-state index in [1.165, 1.54) is 16.3 Å². The molecule has 0 bridgehead atoms. The highest BCUT2D eigenvalue weighted by Crippen LogP contribution is 2.33. The molecule has 1 aromatic carbocycles. The minimum Gasteiger partial charge on any atom is -0.478 e. The zero-order valence-corrected chi connectivity index (χ0v) is 21.1. The van der Waals surface area contributed by atoms with Crippen molar-refractivity contribution in [1.29, 1.82) is 0 Å². The Morgan fingerprint density at radius 3 is 2.44 bits per heavy atom. The lowest BCUT2D eigenvalue weighted by atomic mass is 9.92. The second-order valence-electron chi connectivity index (χ2n) is 8.24. The number of amides is 1. The number of carbonyl (C=O) groups is 2. The van der Waals surface area contributed by atoms with E-state index >= 15 is 0 Å². The second kappa shape index (κ2) is 14.8. The maximum atomic E-state index is 13.7. The Morgan fingerprint density at radius 1 is 1.25 bits per heavy atom. The van der Waals surface area contributed by atoms with Crippen molar-refractivity contribution in [3.63, 3.8) is 0 Å². The predicted molar refractivity (Wildman–Crippen MR) is 135 cm³/mol. The van der Waals surface area contributed by atoms with Crippen LogP contribution >= 0.6 is 24.6 Å². The molecular weight excluding hydrogens is 446 g/mol. The third-order valence-electron chi connectivity index (χ3n) is 5.48. The Labute approximate surface area is 202 Å². The van der Waals surface area contributed by atoms with Gasteiger partial charge in [0, 0.05) is 42.5 Å². The average Bonchev–Trinajstić information content (AvgIpc) is 2.79. The molecule has 0 heterocycles. The molecule has 1 rings (SSSR count). The summed E-state index contributed by atoms with van der Waals surface area (Å²) >= 11 is 5.40. The number of aliphatic hydroxyl groups excluding tert-OH is 1. The number of benzene rings is 1. The number of carboxylic acid groups (broad SMARTS) is 1. The van der Waals surface area contributed by atoms with E-state index in [4.69, 9.17) is 5.73 Å². The van der Waals surface area contributed by atoms with Gasteiger partial charge >= 0.3 is 5.97 Å². The lowest BCUT2D eigenvalue weighted by Gasteiger charge is -2.45. The summed E-state index contributed by atoms with van der Waals surface area (Å²) in [6.45, 7) is 5.27. The average molecular weight is 486 g/mol. The highest BCUT2D eigenvalue weighted by Gasteiger charge is 2.52. The van der Waals surface area contributed by atoms with Crippen molar-refractivity contribution in [2.24, 2.45) is 17.6 Å². The van der Waals surface area contributed by atoms with Gasteiger partial charge in [-0.15, -0.1) is 0 Å². The van der Waals surface area contributed by atoms with Gasteiger partial charge in [-0.25, -0.2) is 4.79 Å². The summed E-state index contributed by atoms with van der Waals surface area (Å²) in [6.07, 6.45) is 3.36. The number of unbranched alkanes of at least 4 members (excludes halogenated alkanes) is 2. The molecule has 0 aliphatic heterocycles. The molecule has 0 radical (unpaired) electrons. The van der Waals surface area contributed by atoms with Gasteiger partial charge in [0.15, 0.2) is 0 Å². The lowest BCUT2D eigenvalue weighted by molar-refractivity contribution is -0.161. The van der Waals surface area contributed by atoms with Crippen LogP contribution in [-0.4, -0.2) is 62.8 Å². The fourth-order valence-corrected chi connectivity index (χ4v) is 4.88. The van der Waals surface area contributed by atoms with E-state index in [-0.39, 0.29) is 12.5 Å². The summed E-state index contributed by atoms with van der Waals surface area (Å²) in [7, 11) is 0. The van der Waals surface area contributed by atoms with E-state index in [2.05, 4.69) is 24.9 Å². The SMILES string of the molecule is CCCCCSN(C(=O)C(C)Cc1ccccc1)[C@@](NCC(N)CS)(C(=O)O)[C@H](C)CO. The number of carboxylic acids is 1. The Kier molecular flexibility index (Phi) is 13.3. The summed E-state index contributed by atoms with van der Waals surface area (Å²) in [5.41, 5.74) is 5.20. The first kappa shape index (κ1) is 28.8. The standard InChI is InChI=1S/C23H39N3O4S2/c1-4-5-9-12-32-26(21(28)17(2)13-19-10-7-6-8-11-19)23(22(29)30,18(3)15-27)25-14-20(24)16-31/h6-8,10-11,17-18,20,25,27,31H,4-5,9,12-16,24H2,1-3H3,(H,29,30)/t17?,18-,20?,23-/m1/s1. The minimum atomic E-state index is -1.80. The van der Waals surface area contributed by atoms with Crippen molar-refractivity contribution < 1.29 is 19.8 Å². The van der Waals surface area contributed by atoms with Crippen molar-refractivity contribution in [3.8, 4) is 0 Å². The zero-order valence-electron chi connectivity index (χ0n) is 19.4. The molecule has 0 aromatic heterocycles. The van der Waals surface area contributed by atoms with E-state index in [0.717, 1.165) is 24.8 Å². The van der Waals surface area contributed by atoms with Gasteiger partial charge < -0.3 is 15.9 Å². The van der Waals surface area contributed by atoms with Crippen LogP contribution in [0.4, 0.5) is 0 Å². The molecule has 1 aromatic rings. The smallest absolute Gasteiger partial charge is 0.346 e. The fourth-order valence-electron chi connectivity index (χ4n) is 3.41. The molecule has 5 N–H and O–H groups in total. The summed E-state index contributed by atoms with van der Waals surface area (Å²) in [5, 5.41) is 23.3. The highest BCUT2D eigenvalue weighted by molar-refractivity contribution is 7.97. The first-order valence-electron chi connectivity index (χ1n) is 11.2. The molecule has 0 saturated carbocycles. The van der Waals surface area contributed by atoms with Crippen LogP contribution in [0.2, 0.25) is 0 Å². The Morgan fingerprint density at radius 2 is 1.91 bits per heavy atom. The third-order valence-corrected chi connectivity index (χ3v) is 7.14.